The lowest BCUT2D eigenvalue weighted by molar-refractivity contribution is -0.149. The number of methoxy groups -OCH3 is 1. The molecule has 16 N–H and O–H groups in total. The lowest BCUT2D eigenvalue weighted by Gasteiger charge is -2.35. The second-order valence-corrected chi connectivity index (χ2v) is 16.5. The van der Waals surface area contributed by atoms with Crippen LogP contribution in [0.4, 0.5) is 0 Å². The van der Waals surface area contributed by atoms with Crippen LogP contribution in [0, 0.1) is 0 Å². The first-order chi connectivity index (χ1) is 33.6. The summed E-state index contributed by atoms with van der Waals surface area (Å²) in [6, 6.07) is -17.4. The van der Waals surface area contributed by atoms with Gasteiger partial charge in [0.25, 0.3) is 23.6 Å². The molecule has 1 aliphatic rings. The van der Waals surface area contributed by atoms with Gasteiger partial charge in [-0.1, -0.05) is 12.2 Å². The Morgan fingerprint density at radius 2 is 1.28 bits per heavy atom. The van der Waals surface area contributed by atoms with Crippen LogP contribution >= 0.6 is 0 Å². The van der Waals surface area contributed by atoms with Crippen molar-refractivity contribution in [1.82, 2.24) is 47.4 Å². The zero-order chi connectivity index (χ0) is 55.2. The molecule has 0 saturated heterocycles. The number of nitrogens with one attached hydrogen (secondary N) is 8. The van der Waals surface area contributed by atoms with Gasteiger partial charge in [0.15, 0.2) is 47.8 Å². The second-order valence-electron chi connectivity index (χ2n) is 16.5. The standard InChI is InChI=1S/C42H64N12O18/c1-18(16-55)46-34(40(69)50-28(31(62)20(3)43)38(67)49-24(12-14-27(60)61)36(65)51-29(42(71)72-6)32(63)21(4)44)52-39(68)30(33(64)22(5)45)54-15-9-7-8-10-25(57)48-23(11-13-26(58)59)37(66)53-35(41(54)70)47-19(2)17-56/h7,9,16-24,28-30,34-35,46-47H,8,10-15,43-45H2,1-6H3,(H,48,57)(H,49,67)(H,50,69)(H,51,65)(H,52,68)(H,53,66)(H,58,59)(H,60,61)/b9-7-/t18-,19-,20-,21-,22-,23-,24-,28+,29+,30-,34-,35+/m0/s1. The number of nitrogens with two attached hydrogens (primary N) is 3. The summed E-state index contributed by atoms with van der Waals surface area (Å²) in [6.45, 7) is 5.14. The van der Waals surface area contributed by atoms with Gasteiger partial charge < -0.3 is 78.5 Å². The molecule has 1 rings (SSSR count). The second kappa shape index (κ2) is 30.4. The number of aldehydes is 2. The molecule has 0 unspecified atom stereocenters. The Bertz CT molecular complexity index is 2100. The van der Waals surface area contributed by atoms with Crippen molar-refractivity contribution in [2.75, 3.05) is 13.7 Å². The molecule has 30 nitrogen and oxygen atoms in total. The smallest absolute Gasteiger partial charge is 0.336 e. The quantitative estimate of drug-likeness (QED) is 0.0114. The van der Waals surface area contributed by atoms with Crippen LogP contribution in [0.5, 0.6) is 0 Å². The Morgan fingerprint density at radius 3 is 1.81 bits per heavy atom. The molecule has 400 valence electrons. The molecule has 12 atom stereocenters. The van der Waals surface area contributed by atoms with E-state index in [9.17, 15) is 82.1 Å². The maximum absolute atomic E-state index is 14.6. The van der Waals surface area contributed by atoms with Crippen LogP contribution in [-0.2, 0) is 76.7 Å². The number of carboxylic acid groups (broad SMARTS) is 2. The van der Waals surface area contributed by atoms with Crippen molar-refractivity contribution in [2.24, 2.45) is 17.2 Å². The van der Waals surface area contributed by atoms with Gasteiger partial charge >= 0.3 is 17.9 Å². The molecular weight excluding hydrogens is 961 g/mol. The molecule has 0 radical (unpaired) electrons. The maximum atomic E-state index is 14.6. The van der Waals surface area contributed by atoms with Gasteiger partial charge in [-0.15, -0.1) is 0 Å². The summed E-state index contributed by atoms with van der Waals surface area (Å²) in [5, 5.41) is 36.4. The molecule has 1 heterocycles. The molecular formula is C42H64N12O18. The van der Waals surface area contributed by atoms with Crippen molar-refractivity contribution >= 4 is 89.2 Å². The number of allylic oxidation sites excluding steroid dienone is 1. The van der Waals surface area contributed by atoms with Gasteiger partial charge in [-0.05, 0) is 53.9 Å². The average molecular weight is 1030 g/mol. The van der Waals surface area contributed by atoms with E-state index >= 15 is 0 Å². The third-order valence-electron chi connectivity index (χ3n) is 10.2. The highest BCUT2D eigenvalue weighted by Crippen LogP contribution is 2.12. The first-order valence-corrected chi connectivity index (χ1v) is 22.2. The van der Waals surface area contributed by atoms with Crippen molar-refractivity contribution < 1.29 is 86.9 Å². The van der Waals surface area contributed by atoms with Crippen molar-refractivity contribution in [3.8, 4) is 0 Å². The molecule has 0 aliphatic carbocycles. The number of aliphatic carboxylic acids is 2. The SMILES string of the molecule is COC(=O)[C@H](NC(=O)[C@H](CCC(=O)O)NC(=O)[C@H](NC(=O)[C@H](NC(=O)[C@H](C(=O)[C@H](C)N)N1C/C=C\CCC(=O)N[C@@H](CCC(=O)O)C(=O)N[C@@H](N[C@@H](C)C=O)C1=O)N[C@@H](C)C=O)C(=O)[C@H](C)N)C(=O)[C@H](C)N. The largest absolute Gasteiger partial charge is 0.481 e. The van der Waals surface area contributed by atoms with Crippen LogP contribution in [0.15, 0.2) is 12.2 Å². The fraction of sp³-hybridized carbons (Fsp3) is 0.595. The molecule has 0 aromatic heterocycles. The van der Waals surface area contributed by atoms with Crippen molar-refractivity contribution in [1.29, 1.82) is 0 Å². The Morgan fingerprint density at radius 1 is 0.722 bits per heavy atom. The number of carboxylic acids is 2. The van der Waals surface area contributed by atoms with Gasteiger partial charge in [-0.3, -0.25) is 68.2 Å². The molecule has 1 aliphatic heterocycles. The number of nitrogens with zero attached hydrogens (tertiary/aromatic N) is 1. The van der Waals surface area contributed by atoms with Crippen molar-refractivity contribution in [2.45, 2.75) is 146 Å². The maximum Gasteiger partial charge on any atom is 0.336 e. The number of ketones is 3. The minimum atomic E-state index is -2.41. The molecule has 0 aromatic rings. The average Bonchev–Trinajstić information content (AvgIpc) is 3.32. The number of esters is 1. The Balaban J connectivity index is 3.92. The van der Waals surface area contributed by atoms with Crippen LogP contribution in [0.25, 0.3) is 0 Å². The first-order valence-electron chi connectivity index (χ1n) is 22.2. The van der Waals surface area contributed by atoms with E-state index in [4.69, 9.17) is 17.2 Å². The predicted octanol–water partition coefficient (Wildman–Crippen LogP) is -7.64. The molecule has 0 saturated carbocycles. The minimum absolute atomic E-state index is 0.0556. The number of Topliss-reactive ketones (excluding diaryl/α,β-unsaturated/α-hetero) is 3. The Hall–Kier alpha value is -7.41. The summed E-state index contributed by atoms with van der Waals surface area (Å²) in [7, 11) is 0.875. The van der Waals surface area contributed by atoms with Crippen LogP contribution < -0.4 is 59.7 Å². The van der Waals surface area contributed by atoms with E-state index in [-0.39, 0.29) is 19.1 Å². The number of rotatable bonds is 28. The third-order valence-corrected chi connectivity index (χ3v) is 10.2. The zero-order valence-electron chi connectivity index (χ0n) is 40.3. The molecule has 0 bridgehead atoms. The molecule has 0 aromatic carbocycles. The highest BCUT2D eigenvalue weighted by Gasteiger charge is 2.43. The molecule has 0 fully saturated rings. The molecule has 7 amide bonds. The normalized spacial score (nSPS) is 20.0. The summed E-state index contributed by atoms with van der Waals surface area (Å²) in [5.74, 6) is -16.7. The van der Waals surface area contributed by atoms with Gasteiger partial charge in [0.2, 0.25) is 17.7 Å². The van der Waals surface area contributed by atoms with Crippen molar-refractivity contribution in [3.63, 3.8) is 0 Å². The monoisotopic (exact) mass is 1020 g/mol. The van der Waals surface area contributed by atoms with Crippen LogP contribution in [-0.4, -0.2) is 191 Å². The van der Waals surface area contributed by atoms with Crippen LogP contribution in [0.2, 0.25) is 0 Å². The summed E-state index contributed by atoms with van der Waals surface area (Å²) in [6.07, 6.45) is -4.05. The number of ether oxygens (including phenoxy) is 1. The fourth-order valence-corrected chi connectivity index (χ4v) is 6.33. The minimum Gasteiger partial charge on any atom is -0.481 e. The van der Waals surface area contributed by atoms with E-state index < -0.39 is 182 Å². The number of carbonyl (C=O) groups is 15. The molecule has 0 spiro atoms. The Labute approximate surface area is 411 Å². The summed E-state index contributed by atoms with van der Waals surface area (Å²) >= 11 is 0. The third kappa shape index (κ3) is 20.1. The van der Waals surface area contributed by atoms with Crippen LogP contribution in [0.3, 0.4) is 0 Å². The lowest BCUT2D eigenvalue weighted by atomic mass is 10.0. The summed E-state index contributed by atoms with van der Waals surface area (Å²) in [4.78, 5) is 197. The Kier molecular flexibility index (Phi) is 26.4. The van der Waals surface area contributed by atoms with E-state index in [0.717, 1.165) is 21.0 Å². The van der Waals surface area contributed by atoms with Crippen molar-refractivity contribution in [3.05, 3.63) is 12.2 Å². The topological polar surface area (TPSA) is 483 Å². The first kappa shape index (κ1) is 62.6. The van der Waals surface area contributed by atoms with Crippen LogP contribution in [0.1, 0.15) is 73.1 Å². The van der Waals surface area contributed by atoms with E-state index in [1.54, 1.807) is 0 Å². The number of hydrogen-bond acceptors (Lipinski definition) is 21. The van der Waals surface area contributed by atoms with E-state index in [1.807, 2.05) is 10.6 Å². The summed E-state index contributed by atoms with van der Waals surface area (Å²) in [5.41, 5.74) is 17.3. The zero-order valence-corrected chi connectivity index (χ0v) is 40.3. The van der Waals surface area contributed by atoms with Gasteiger partial charge in [-0.2, -0.15) is 0 Å². The number of carbonyl (C=O) groups excluding carboxylic acids is 13. The predicted molar refractivity (Wildman–Crippen MR) is 245 cm³/mol. The van der Waals surface area contributed by atoms with E-state index in [0.29, 0.717) is 11.2 Å². The fourth-order valence-electron chi connectivity index (χ4n) is 6.33. The number of amides is 7. The van der Waals surface area contributed by atoms with E-state index in [1.165, 1.54) is 32.9 Å². The highest BCUT2D eigenvalue weighted by atomic mass is 16.5. The number of hydrogen-bond donors (Lipinski definition) is 13. The highest BCUT2D eigenvalue weighted by molar-refractivity contribution is 6.13. The van der Waals surface area contributed by atoms with Gasteiger partial charge in [0.1, 0.15) is 24.7 Å². The van der Waals surface area contributed by atoms with Gasteiger partial charge in [0.05, 0.1) is 37.3 Å². The molecule has 72 heavy (non-hydrogen) atoms. The van der Waals surface area contributed by atoms with E-state index in [2.05, 4.69) is 36.6 Å². The summed E-state index contributed by atoms with van der Waals surface area (Å²) < 4.78 is 4.55. The molecule has 30 heteroatoms. The van der Waals surface area contributed by atoms with Gasteiger partial charge in [-0.25, -0.2) is 4.79 Å². The lowest BCUT2D eigenvalue weighted by Crippen LogP contribution is -2.68. The van der Waals surface area contributed by atoms with Gasteiger partial charge in [0, 0.05) is 25.8 Å².